The molecular weight excluding hydrogens is 204 g/mol. The van der Waals surface area contributed by atoms with E-state index in [0.717, 1.165) is 15.6 Å². The van der Waals surface area contributed by atoms with Crippen LogP contribution >= 0.6 is 15.9 Å². The van der Waals surface area contributed by atoms with Gasteiger partial charge in [-0.05, 0) is 17.2 Å². The third kappa shape index (κ3) is 2.02. The van der Waals surface area contributed by atoms with E-state index in [1.54, 1.807) is 0 Å². The number of benzene rings is 1. The maximum Gasteiger partial charge on any atom is 0.0220 e. The highest BCUT2D eigenvalue weighted by Gasteiger charge is 1.97. The van der Waals surface area contributed by atoms with E-state index in [2.05, 4.69) is 15.9 Å². The van der Waals surface area contributed by atoms with Crippen LogP contribution in [0.2, 0.25) is 0 Å². The van der Waals surface area contributed by atoms with Gasteiger partial charge in [0.15, 0.2) is 0 Å². The van der Waals surface area contributed by atoms with E-state index >= 15 is 0 Å². The first-order valence-corrected chi connectivity index (χ1v) is 4.24. The second kappa shape index (κ2) is 3.85. The summed E-state index contributed by atoms with van der Waals surface area (Å²) in [5, 5.41) is 0. The van der Waals surface area contributed by atoms with Crippen molar-refractivity contribution in [3.8, 4) is 0 Å². The zero-order chi connectivity index (χ0) is 8.27. The highest BCUT2D eigenvalue weighted by Crippen LogP contribution is 2.17. The second-order valence-electron chi connectivity index (χ2n) is 2.33. The van der Waals surface area contributed by atoms with Gasteiger partial charge in [0.2, 0.25) is 0 Å². The molecule has 0 radical (unpaired) electrons. The van der Waals surface area contributed by atoms with Crippen molar-refractivity contribution in [1.82, 2.24) is 0 Å². The SMILES string of the molecule is NCc1ccc(Br)c(CN)c1. The van der Waals surface area contributed by atoms with E-state index in [1.807, 2.05) is 18.2 Å². The Morgan fingerprint density at radius 3 is 2.45 bits per heavy atom. The predicted octanol–water partition coefficient (Wildman–Crippen LogP) is 1.37. The van der Waals surface area contributed by atoms with Gasteiger partial charge in [0, 0.05) is 17.6 Å². The lowest BCUT2D eigenvalue weighted by atomic mass is 10.1. The van der Waals surface area contributed by atoms with Gasteiger partial charge in [-0.25, -0.2) is 0 Å². The molecule has 3 heteroatoms. The molecule has 0 saturated heterocycles. The zero-order valence-corrected chi connectivity index (χ0v) is 7.76. The van der Waals surface area contributed by atoms with Crippen molar-refractivity contribution in [3.05, 3.63) is 33.8 Å². The summed E-state index contributed by atoms with van der Waals surface area (Å²) in [4.78, 5) is 0. The molecule has 0 saturated carbocycles. The molecule has 60 valence electrons. The van der Waals surface area contributed by atoms with Crippen molar-refractivity contribution in [1.29, 1.82) is 0 Å². The van der Waals surface area contributed by atoms with Gasteiger partial charge in [-0.1, -0.05) is 28.1 Å². The Kier molecular flexibility index (Phi) is 3.05. The second-order valence-corrected chi connectivity index (χ2v) is 3.19. The molecule has 0 aliphatic carbocycles. The lowest BCUT2D eigenvalue weighted by Gasteiger charge is -2.02. The third-order valence-electron chi connectivity index (χ3n) is 1.57. The van der Waals surface area contributed by atoms with Gasteiger partial charge in [0.25, 0.3) is 0 Å². The van der Waals surface area contributed by atoms with E-state index in [9.17, 15) is 0 Å². The molecule has 0 aliphatic heterocycles. The molecule has 4 N–H and O–H groups in total. The maximum atomic E-state index is 5.50. The quantitative estimate of drug-likeness (QED) is 0.782. The van der Waals surface area contributed by atoms with Crippen molar-refractivity contribution in [2.24, 2.45) is 11.5 Å². The van der Waals surface area contributed by atoms with Gasteiger partial charge in [-0.3, -0.25) is 0 Å². The molecule has 0 unspecified atom stereocenters. The van der Waals surface area contributed by atoms with Gasteiger partial charge in [-0.15, -0.1) is 0 Å². The van der Waals surface area contributed by atoms with Crippen LogP contribution in [-0.2, 0) is 13.1 Å². The van der Waals surface area contributed by atoms with Crippen molar-refractivity contribution in [2.45, 2.75) is 13.1 Å². The Morgan fingerprint density at radius 2 is 1.91 bits per heavy atom. The largest absolute Gasteiger partial charge is 0.326 e. The van der Waals surface area contributed by atoms with Crippen LogP contribution < -0.4 is 11.5 Å². The van der Waals surface area contributed by atoms with Gasteiger partial charge in [0.05, 0.1) is 0 Å². The monoisotopic (exact) mass is 214 g/mol. The van der Waals surface area contributed by atoms with Crippen molar-refractivity contribution >= 4 is 15.9 Å². The van der Waals surface area contributed by atoms with Crippen LogP contribution in [0.5, 0.6) is 0 Å². The molecule has 1 aromatic rings. The number of rotatable bonds is 2. The molecule has 1 rings (SSSR count). The van der Waals surface area contributed by atoms with Crippen LogP contribution in [0.3, 0.4) is 0 Å². The number of hydrogen-bond acceptors (Lipinski definition) is 2. The van der Waals surface area contributed by atoms with Gasteiger partial charge >= 0.3 is 0 Å². The molecule has 0 amide bonds. The number of hydrogen-bond donors (Lipinski definition) is 2. The molecule has 0 spiro atoms. The van der Waals surface area contributed by atoms with Crippen LogP contribution in [-0.4, -0.2) is 0 Å². The average molecular weight is 215 g/mol. The maximum absolute atomic E-state index is 5.50. The van der Waals surface area contributed by atoms with Crippen molar-refractivity contribution in [3.63, 3.8) is 0 Å². The Hall–Kier alpha value is -0.380. The fourth-order valence-electron chi connectivity index (χ4n) is 0.911. The first-order valence-electron chi connectivity index (χ1n) is 3.45. The lowest BCUT2D eigenvalue weighted by molar-refractivity contribution is 1.02. The normalized spacial score (nSPS) is 10.1. The van der Waals surface area contributed by atoms with Crippen LogP contribution in [0.15, 0.2) is 22.7 Å². The van der Waals surface area contributed by atoms with Crippen LogP contribution in [0.25, 0.3) is 0 Å². The topological polar surface area (TPSA) is 52.0 Å². The molecule has 0 aromatic heterocycles. The summed E-state index contributed by atoms with van der Waals surface area (Å²) in [6, 6.07) is 5.98. The summed E-state index contributed by atoms with van der Waals surface area (Å²) in [5.41, 5.74) is 13.2. The highest BCUT2D eigenvalue weighted by atomic mass is 79.9. The predicted molar refractivity (Wildman–Crippen MR) is 49.9 cm³/mol. The highest BCUT2D eigenvalue weighted by molar-refractivity contribution is 9.10. The van der Waals surface area contributed by atoms with E-state index in [0.29, 0.717) is 13.1 Å². The minimum atomic E-state index is 0.550. The lowest BCUT2D eigenvalue weighted by Crippen LogP contribution is -2.01. The average Bonchev–Trinajstić information content (AvgIpc) is 2.05. The molecule has 0 heterocycles. The Labute approximate surface area is 74.7 Å². The number of nitrogens with two attached hydrogens (primary N) is 2. The van der Waals surface area contributed by atoms with Crippen molar-refractivity contribution in [2.75, 3.05) is 0 Å². The molecule has 0 bridgehead atoms. The minimum absolute atomic E-state index is 0.550. The van der Waals surface area contributed by atoms with Crippen molar-refractivity contribution < 1.29 is 0 Å². The van der Waals surface area contributed by atoms with Crippen LogP contribution in [0.1, 0.15) is 11.1 Å². The molecule has 0 aliphatic rings. The molecule has 1 aromatic carbocycles. The molecule has 11 heavy (non-hydrogen) atoms. The summed E-state index contributed by atoms with van der Waals surface area (Å²) < 4.78 is 1.05. The Balaban J connectivity index is 3.02. The van der Waals surface area contributed by atoms with E-state index in [4.69, 9.17) is 11.5 Å². The first-order chi connectivity index (χ1) is 5.27. The van der Waals surface area contributed by atoms with E-state index in [1.165, 1.54) is 0 Å². The summed E-state index contributed by atoms with van der Waals surface area (Å²) in [7, 11) is 0. The fraction of sp³-hybridized carbons (Fsp3) is 0.250. The summed E-state index contributed by atoms with van der Waals surface area (Å²) in [6.07, 6.45) is 0. The molecule has 0 atom stereocenters. The van der Waals surface area contributed by atoms with Crippen LogP contribution in [0.4, 0.5) is 0 Å². The summed E-state index contributed by atoms with van der Waals surface area (Å²) in [6.45, 7) is 1.12. The minimum Gasteiger partial charge on any atom is -0.326 e. The van der Waals surface area contributed by atoms with E-state index in [-0.39, 0.29) is 0 Å². The summed E-state index contributed by atoms with van der Waals surface area (Å²) in [5.74, 6) is 0. The van der Waals surface area contributed by atoms with Crippen LogP contribution in [0, 0.1) is 0 Å². The molecule has 2 nitrogen and oxygen atoms in total. The van der Waals surface area contributed by atoms with Gasteiger partial charge in [-0.2, -0.15) is 0 Å². The smallest absolute Gasteiger partial charge is 0.0220 e. The fourth-order valence-corrected chi connectivity index (χ4v) is 1.32. The third-order valence-corrected chi connectivity index (χ3v) is 2.34. The molecule has 0 fully saturated rings. The zero-order valence-electron chi connectivity index (χ0n) is 6.18. The molecular formula is C8H11BrN2. The number of halogens is 1. The van der Waals surface area contributed by atoms with Gasteiger partial charge < -0.3 is 11.5 Å². The summed E-state index contributed by atoms with van der Waals surface area (Å²) >= 11 is 3.40. The Morgan fingerprint density at radius 1 is 1.18 bits per heavy atom. The first kappa shape index (κ1) is 8.71. The van der Waals surface area contributed by atoms with Gasteiger partial charge in [0.1, 0.15) is 0 Å². The Bertz CT molecular complexity index is 248. The van der Waals surface area contributed by atoms with E-state index < -0.39 is 0 Å². The standard InChI is InChI=1S/C8H11BrN2/c9-8-2-1-6(4-10)3-7(8)5-11/h1-3H,4-5,10-11H2.